The van der Waals surface area contributed by atoms with Crippen LogP contribution in [0, 0.1) is 5.92 Å². The molecule has 6 heteroatoms. The molecule has 0 spiro atoms. The number of anilines is 1. The average Bonchev–Trinajstić information content (AvgIpc) is 3.00. The van der Waals surface area contributed by atoms with Crippen LogP contribution in [0.2, 0.25) is 0 Å². The monoisotopic (exact) mass is 333 g/mol. The molecular formula is C18H27N3O3. The van der Waals surface area contributed by atoms with Crippen LogP contribution < -0.4 is 15.5 Å². The number of amides is 3. The van der Waals surface area contributed by atoms with Gasteiger partial charge in [-0.1, -0.05) is 32.0 Å². The normalized spacial score (nSPS) is 14.4. The van der Waals surface area contributed by atoms with Gasteiger partial charge in [-0.3, -0.25) is 4.79 Å². The second kappa shape index (κ2) is 8.68. The van der Waals surface area contributed by atoms with E-state index >= 15 is 0 Å². The Bertz CT molecular complexity index is 574. The fraction of sp³-hybridized carbons (Fsp3) is 0.556. The number of ether oxygens (including phenoxy) is 1. The van der Waals surface area contributed by atoms with Crippen molar-refractivity contribution in [1.29, 1.82) is 0 Å². The quantitative estimate of drug-likeness (QED) is 0.749. The van der Waals surface area contributed by atoms with Crippen molar-refractivity contribution in [2.24, 2.45) is 5.92 Å². The highest BCUT2D eigenvalue weighted by molar-refractivity contribution is 6.00. The number of para-hydroxylation sites is 1. The molecular weight excluding hydrogens is 306 g/mol. The van der Waals surface area contributed by atoms with Crippen LogP contribution in [0.5, 0.6) is 0 Å². The zero-order chi connectivity index (χ0) is 17.5. The second-order valence-electron chi connectivity index (χ2n) is 6.34. The molecule has 0 radical (unpaired) electrons. The summed E-state index contributed by atoms with van der Waals surface area (Å²) in [5.74, 6) is -0.0445. The smallest absolute Gasteiger partial charge is 0.315 e. The van der Waals surface area contributed by atoms with Crippen LogP contribution in [-0.2, 0) is 16.0 Å². The molecule has 0 aromatic heterocycles. The molecule has 1 aliphatic heterocycles. The molecule has 1 atom stereocenters. The number of hydrogen-bond acceptors (Lipinski definition) is 3. The molecule has 0 saturated heterocycles. The lowest BCUT2D eigenvalue weighted by atomic mass is 10.0. The molecule has 1 aromatic carbocycles. The Morgan fingerprint density at radius 1 is 1.29 bits per heavy atom. The Balaban J connectivity index is 1.98. The number of carbonyl (C=O) groups excluding carboxylic acids is 2. The van der Waals surface area contributed by atoms with E-state index in [0.717, 1.165) is 18.5 Å². The van der Waals surface area contributed by atoms with E-state index in [-0.39, 0.29) is 17.9 Å². The number of rotatable bonds is 7. The number of urea groups is 1. The SMILES string of the molecule is COCCCNC(=O)N[C@H](C(=O)N1CCc2ccccc21)C(C)C. The minimum atomic E-state index is -0.543. The molecule has 0 unspecified atom stereocenters. The minimum Gasteiger partial charge on any atom is -0.385 e. The van der Waals surface area contributed by atoms with Crippen LogP contribution in [-0.4, -0.2) is 44.8 Å². The molecule has 24 heavy (non-hydrogen) atoms. The van der Waals surface area contributed by atoms with E-state index in [4.69, 9.17) is 4.74 Å². The van der Waals surface area contributed by atoms with Gasteiger partial charge in [-0.25, -0.2) is 4.79 Å². The zero-order valence-electron chi connectivity index (χ0n) is 14.7. The van der Waals surface area contributed by atoms with Gasteiger partial charge in [0.05, 0.1) is 0 Å². The molecule has 1 aromatic rings. The third-order valence-corrected chi connectivity index (χ3v) is 4.18. The molecule has 0 bridgehead atoms. The van der Waals surface area contributed by atoms with Gasteiger partial charge in [-0.2, -0.15) is 0 Å². The standard InChI is InChI=1S/C18H27N3O3/c1-13(2)16(20-18(23)19-10-6-12-24-3)17(22)21-11-9-14-7-4-5-8-15(14)21/h4-5,7-8,13,16H,6,9-12H2,1-3H3,(H2,19,20,23)/t16-/m0/s1. The van der Waals surface area contributed by atoms with Gasteiger partial charge in [0.15, 0.2) is 0 Å². The predicted molar refractivity (Wildman–Crippen MR) is 94.2 cm³/mol. The van der Waals surface area contributed by atoms with Gasteiger partial charge in [0, 0.05) is 32.5 Å². The summed E-state index contributed by atoms with van der Waals surface area (Å²) in [5.41, 5.74) is 2.13. The third kappa shape index (κ3) is 4.47. The second-order valence-corrected chi connectivity index (χ2v) is 6.34. The van der Waals surface area contributed by atoms with Crippen molar-refractivity contribution >= 4 is 17.6 Å². The Kier molecular flexibility index (Phi) is 6.61. The fourth-order valence-corrected chi connectivity index (χ4v) is 2.86. The number of nitrogens with zero attached hydrogens (tertiary/aromatic N) is 1. The summed E-state index contributed by atoms with van der Waals surface area (Å²) in [6, 6.07) is 7.07. The maximum Gasteiger partial charge on any atom is 0.315 e. The van der Waals surface area contributed by atoms with E-state index in [1.165, 1.54) is 5.56 Å². The van der Waals surface area contributed by atoms with Crippen molar-refractivity contribution in [2.75, 3.05) is 31.7 Å². The largest absolute Gasteiger partial charge is 0.385 e. The molecule has 0 saturated carbocycles. The molecule has 1 heterocycles. The molecule has 0 fully saturated rings. The maximum absolute atomic E-state index is 12.9. The number of fused-ring (bicyclic) bond motifs is 1. The Morgan fingerprint density at radius 2 is 2.04 bits per heavy atom. The van der Waals surface area contributed by atoms with Crippen LogP contribution in [0.25, 0.3) is 0 Å². The predicted octanol–water partition coefficient (Wildman–Crippen LogP) is 1.94. The summed E-state index contributed by atoms with van der Waals surface area (Å²) in [5, 5.41) is 5.59. The van der Waals surface area contributed by atoms with Crippen molar-refractivity contribution in [3.05, 3.63) is 29.8 Å². The van der Waals surface area contributed by atoms with Crippen LogP contribution in [0.1, 0.15) is 25.8 Å². The first-order chi connectivity index (χ1) is 11.5. The van der Waals surface area contributed by atoms with E-state index < -0.39 is 6.04 Å². The molecule has 3 amide bonds. The Hall–Kier alpha value is -2.08. The highest BCUT2D eigenvalue weighted by atomic mass is 16.5. The Labute approximate surface area is 143 Å². The summed E-state index contributed by atoms with van der Waals surface area (Å²) in [6.07, 6.45) is 1.60. The summed E-state index contributed by atoms with van der Waals surface area (Å²) < 4.78 is 4.95. The molecule has 2 N–H and O–H groups in total. The molecule has 1 aliphatic rings. The molecule has 132 valence electrons. The van der Waals surface area contributed by atoms with Crippen molar-refractivity contribution < 1.29 is 14.3 Å². The summed E-state index contributed by atoms with van der Waals surface area (Å²) in [4.78, 5) is 26.8. The van der Waals surface area contributed by atoms with Crippen molar-refractivity contribution in [2.45, 2.75) is 32.7 Å². The van der Waals surface area contributed by atoms with Gasteiger partial charge in [0.1, 0.15) is 6.04 Å². The number of benzene rings is 1. The highest BCUT2D eigenvalue weighted by Crippen LogP contribution is 2.28. The first-order valence-corrected chi connectivity index (χ1v) is 8.47. The third-order valence-electron chi connectivity index (χ3n) is 4.18. The molecule has 2 rings (SSSR count). The lowest BCUT2D eigenvalue weighted by molar-refractivity contribution is -0.121. The van der Waals surface area contributed by atoms with Crippen LogP contribution in [0.3, 0.4) is 0 Å². The topological polar surface area (TPSA) is 70.7 Å². The van der Waals surface area contributed by atoms with Crippen LogP contribution >= 0.6 is 0 Å². The van der Waals surface area contributed by atoms with Gasteiger partial charge in [0.25, 0.3) is 0 Å². The van der Waals surface area contributed by atoms with E-state index in [1.54, 1.807) is 12.0 Å². The van der Waals surface area contributed by atoms with Crippen molar-refractivity contribution in [1.82, 2.24) is 10.6 Å². The summed E-state index contributed by atoms with van der Waals surface area (Å²) in [7, 11) is 1.63. The summed E-state index contributed by atoms with van der Waals surface area (Å²) >= 11 is 0. The first-order valence-electron chi connectivity index (χ1n) is 8.47. The van der Waals surface area contributed by atoms with E-state index in [0.29, 0.717) is 19.7 Å². The summed E-state index contributed by atoms with van der Waals surface area (Å²) in [6.45, 7) is 5.66. The lowest BCUT2D eigenvalue weighted by Gasteiger charge is -2.27. The minimum absolute atomic E-state index is 0.00925. The van der Waals surface area contributed by atoms with Crippen molar-refractivity contribution in [3.8, 4) is 0 Å². The Morgan fingerprint density at radius 3 is 2.75 bits per heavy atom. The fourth-order valence-electron chi connectivity index (χ4n) is 2.86. The van der Waals surface area contributed by atoms with Crippen molar-refractivity contribution in [3.63, 3.8) is 0 Å². The van der Waals surface area contributed by atoms with E-state index in [1.807, 2.05) is 38.1 Å². The average molecular weight is 333 g/mol. The highest BCUT2D eigenvalue weighted by Gasteiger charge is 2.32. The van der Waals surface area contributed by atoms with Gasteiger partial charge in [0.2, 0.25) is 5.91 Å². The van der Waals surface area contributed by atoms with E-state index in [2.05, 4.69) is 10.6 Å². The van der Waals surface area contributed by atoms with Gasteiger partial charge in [-0.15, -0.1) is 0 Å². The number of nitrogens with one attached hydrogen (secondary N) is 2. The number of carbonyl (C=O) groups is 2. The first kappa shape index (κ1) is 18.3. The van der Waals surface area contributed by atoms with Crippen LogP contribution in [0.15, 0.2) is 24.3 Å². The molecule has 0 aliphatic carbocycles. The van der Waals surface area contributed by atoms with Gasteiger partial charge >= 0.3 is 6.03 Å². The lowest BCUT2D eigenvalue weighted by Crippen LogP contribution is -2.53. The van der Waals surface area contributed by atoms with E-state index in [9.17, 15) is 9.59 Å². The maximum atomic E-state index is 12.9. The number of methoxy groups -OCH3 is 1. The zero-order valence-corrected chi connectivity index (χ0v) is 14.7. The van der Waals surface area contributed by atoms with Crippen LogP contribution in [0.4, 0.5) is 10.5 Å². The van der Waals surface area contributed by atoms with Gasteiger partial charge < -0.3 is 20.3 Å². The number of hydrogen-bond donors (Lipinski definition) is 2. The van der Waals surface area contributed by atoms with Gasteiger partial charge in [-0.05, 0) is 30.4 Å². The molecule has 6 nitrogen and oxygen atoms in total.